The van der Waals surface area contributed by atoms with E-state index in [2.05, 4.69) is 33.0 Å². The van der Waals surface area contributed by atoms with Gasteiger partial charge in [-0.1, -0.05) is 19.8 Å². The van der Waals surface area contributed by atoms with Crippen molar-refractivity contribution in [2.75, 3.05) is 0 Å². The smallest absolute Gasteiger partial charge is 0.0173 e. The zero-order valence-corrected chi connectivity index (χ0v) is 10.2. The van der Waals surface area contributed by atoms with Gasteiger partial charge in [-0.2, -0.15) is 0 Å². The van der Waals surface area contributed by atoms with Gasteiger partial charge in [0.2, 0.25) is 0 Å². The van der Waals surface area contributed by atoms with Gasteiger partial charge >= 0.3 is 0 Å². The predicted molar refractivity (Wildman–Crippen MR) is 62.4 cm³/mol. The van der Waals surface area contributed by atoms with Crippen LogP contribution in [0.5, 0.6) is 0 Å². The van der Waals surface area contributed by atoms with E-state index in [9.17, 15) is 0 Å². The lowest BCUT2D eigenvalue weighted by Crippen LogP contribution is -2.62. The molecule has 0 aromatic rings. The molecule has 1 heterocycles. The Labute approximate surface area is 88.6 Å². The van der Waals surface area contributed by atoms with Crippen molar-refractivity contribution >= 4 is 0 Å². The number of piperidine rings is 1. The highest BCUT2D eigenvalue weighted by Crippen LogP contribution is 2.31. The van der Waals surface area contributed by atoms with Gasteiger partial charge in [0.15, 0.2) is 0 Å². The summed E-state index contributed by atoms with van der Waals surface area (Å²) in [6.07, 6.45) is 6.03. The van der Waals surface area contributed by atoms with Crippen LogP contribution in [0.25, 0.3) is 0 Å². The first-order valence-corrected chi connectivity index (χ1v) is 5.92. The van der Waals surface area contributed by atoms with E-state index in [1.807, 2.05) is 0 Å². The molecule has 0 bridgehead atoms. The molecule has 0 aliphatic carbocycles. The summed E-state index contributed by atoms with van der Waals surface area (Å²) in [5, 5.41) is 3.75. The van der Waals surface area contributed by atoms with Crippen molar-refractivity contribution in [3.05, 3.63) is 0 Å². The first kappa shape index (κ1) is 12.0. The summed E-state index contributed by atoms with van der Waals surface area (Å²) >= 11 is 0. The summed E-state index contributed by atoms with van der Waals surface area (Å²) in [7, 11) is 0. The molecule has 0 saturated carbocycles. The molecule has 2 unspecified atom stereocenters. The monoisotopic (exact) mass is 198 g/mol. The minimum Gasteiger partial charge on any atom is -0.328 e. The van der Waals surface area contributed by atoms with Gasteiger partial charge in [-0.25, -0.2) is 0 Å². The molecular weight excluding hydrogens is 172 g/mol. The van der Waals surface area contributed by atoms with Crippen LogP contribution in [0, 0.1) is 0 Å². The molecule has 0 spiro atoms. The third kappa shape index (κ3) is 3.25. The van der Waals surface area contributed by atoms with Gasteiger partial charge in [0.1, 0.15) is 0 Å². The number of rotatable bonds is 3. The Balaban J connectivity index is 2.59. The minimum absolute atomic E-state index is 0.208. The van der Waals surface area contributed by atoms with Crippen molar-refractivity contribution in [1.82, 2.24) is 5.32 Å². The molecule has 1 aliphatic rings. The second kappa shape index (κ2) is 4.19. The Bertz CT molecular complexity index is 189. The summed E-state index contributed by atoms with van der Waals surface area (Å²) in [4.78, 5) is 0. The second-order valence-corrected chi connectivity index (χ2v) is 5.84. The first-order valence-electron chi connectivity index (χ1n) is 5.92. The van der Waals surface area contributed by atoms with Crippen molar-refractivity contribution in [1.29, 1.82) is 0 Å². The van der Waals surface area contributed by atoms with Gasteiger partial charge in [0.25, 0.3) is 0 Å². The maximum absolute atomic E-state index is 6.12. The summed E-state index contributed by atoms with van der Waals surface area (Å²) in [6, 6.07) is 0.369. The fraction of sp³-hybridized carbons (Fsp3) is 1.00. The van der Waals surface area contributed by atoms with Crippen LogP contribution in [0.2, 0.25) is 0 Å². The van der Waals surface area contributed by atoms with Crippen LogP contribution in [0.15, 0.2) is 0 Å². The van der Waals surface area contributed by atoms with Crippen LogP contribution in [-0.2, 0) is 0 Å². The molecule has 0 radical (unpaired) electrons. The number of hydrogen-bond donors (Lipinski definition) is 2. The highest BCUT2D eigenvalue weighted by molar-refractivity contribution is 5.00. The SMILES string of the molecule is CCCCC1(C)CC(N)CC(C)(C)N1. The number of unbranched alkanes of at least 4 members (excludes halogenated alkanes) is 1. The standard InChI is InChI=1S/C12H26N2/c1-5-6-7-12(4)9-10(13)8-11(2,3)14-12/h10,14H,5-9,13H2,1-4H3. The minimum atomic E-state index is 0.208. The van der Waals surface area contributed by atoms with Crippen LogP contribution >= 0.6 is 0 Å². The maximum atomic E-state index is 6.12. The van der Waals surface area contributed by atoms with Gasteiger partial charge in [0, 0.05) is 17.1 Å². The predicted octanol–water partition coefficient (Wildman–Crippen LogP) is 2.42. The Morgan fingerprint density at radius 3 is 2.43 bits per heavy atom. The molecule has 14 heavy (non-hydrogen) atoms. The molecule has 84 valence electrons. The molecule has 1 rings (SSSR count). The van der Waals surface area contributed by atoms with E-state index < -0.39 is 0 Å². The largest absolute Gasteiger partial charge is 0.328 e. The Morgan fingerprint density at radius 1 is 1.29 bits per heavy atom. The van der Waals surface area contributed by atoms with E-state index in [0.717, 1.165) is 12.8 Å². The van der Waals surface area contributed by atoms with E-state index in [1.54, 1.807) is 0 Å². The molecule has 0 aromatic carbocycles. The molecule has 0 aromatic heterocycles. The lowest BCUT2D eigenvalue weighted by molar-refractivity contribution is 0.138. The molecule has 2 nitrogen and oxygen atoms in total. The molecule has 2 atom stereocenters. The first-order chi connectivity index (χ1) is 6.37. The van der Waals surface area contributed by atoms with Crippen LogP contribution in [-0.4, -0.2) is 17.1 Å². The van der Waals surface area contributed by atoms with Gasteiger partial charge in [0.05, 0.1) is 0 Å². The highest BCUT2D eigenvalue weighted by atomic mass is 15.1. The van der Waals surface area contributed by atoms with Crippen LogP contribution in [0.4, 0.5) is 0 Å². The second-order valence-electron chi connectivity index (χ2n) is 5.84. The molecule has 0 amide bonds. The molecule has 3 N–H and O–H groups in total. The van der Waals surface area contributed by atoms with Gasteiger partial charge in [-0.05, 0) is 40.0 Å². The van der Waals surface area contributed by atoms with Crippen LogP contribution in [0.3, 0.4) is 0 Å². The molecule has 1 fully saturated rings. The van der Waals surface area contributed by atoms with Gasteiger partial charge in [-0.15, -0.1) is 0 Å². The topological polar surface area (TPSA) is 38.0 Å². The van der Waals surface area contributed by atoms with Gasteiger partial charge in [-0.3, -0.25) is 0 Å². The van der Waals surface area contributed by atoms with E-state index >= 15 is 0 Å². The summed E-state index contributed by atoms with van der Waals surface area (Å²) in [6.45, 7) is 9.09. The average Bonchev–Trinajstić information content (AvgIpc) is 1.96. The van der Waals surface area contributed by atoms with Crippen LogP contribution in [0.1, 0.15) is 59.8 Å². The van der Waals surface area contributed by atoms with Gasteiger partial charge < -0.3 is 11.1 Å². The third-order valence-corrected chi connectivity index (χ3v) is 3.21. The zero-order chi connectivity index (χ0) is 10.8. The summed E-state index contributed by atoms with van der Waals surface area (Å²) in [5.41, 5.74) is 6.59. The lowest BCUT2D eigenvalue weighted by atomic mass is 9.77. The molecule has 1 aliphatic heterocycles. The van der Waals surface area contributed by atoms with Crippen LogP contribution < -0.4 is 11.1 Å². The summed E-state index contributed by atoms with van der Waals surface area (Å²) in [5.74, 6) is 0. The Kier molecular flexibility index (Phi) is 3.59. The normalized spacial score (nSPS) is 37.1. The number of nitrogens with one attached hydrogen (secondary N) is 1. The van der Waals surface area contributed by atoms with Crippen molar-refractivity contribution in [3.8, 4) is 0 Å². The average molecular weight is 198 g/mol. The molecule has 2 heteroatoms. The molecule has 1 saturated heterocycles. The number of hydrogen-bond acceptors (Lipinski definition) is 2. The fourth-order valence-electron chi connectivity index (χ4n) is 2.96. The highest BCUT2D eigenvalue weighted by Gasteiger charge is 2.38. The fourth-order valence-corrected chi connectivity index (χ4v) is 2.96. The lowest BCUT2D eigenvalue weighted by Gasteiger charge is -2.47. The van der Waals surface area contributed by atoms with E-state index in [-0.39, 0.29) is 11.1 Å². The maximum Gasteiger partial charge on any atom is 0.0173 e. The quantitative estimate of drug-likeness (QED) is 0.731. The number of nitrogens with two attached hydrogens (primary N) is 1. The Hall–Kier alpha value is -0.0800. The van der Waals surface area contributed by atoms with Crippen molar-refractivity contribution in [3.63, 3.8) is 0 Å². The van der Waals surface area contributed by atoms with E-state index in [1.165, 1.54) is 19.3 Å². The molecular formula is C12H26N2. The third-order valence-electron chi connectivity index (χ3n) is 3.21. The zero-order valence-electron chi connectivity index (χ0n) is 10.2. The van der Waals surface area contributed by atoms with Crippen molar-refractivity contribution in [2.24, 2.45) is 5.73 Å². The van der Waals surface area contributed by atoms with Crippen molar-refractivity contribution in [2.45, 2.75) is 76.9 Å². The van der Waals surface area contributed by atoms with E-state index in [4.69, 9.17) is 5.73 Å². The van der Waals surface area contributed by atoms with Crippen molar-refractivity contribution < 1.29 is 0 Å². The van der Waals surface area contributed by atoms with E-state index in [0.29, 0.717) is 6.04 Å². The summed E-state index contributed by atoms with van der Waals surface area (Å²) < 4.78 is 0. The Morgan fingerprint density at radius 2 is 1.93 bits per heavy atom.